The summed E-state index contributed by atoms with van der Waals surface area (Å²) >= 11 is 0. The van der Waals surface area contributed by atoms with Gasteiger partial charge in [0.2, 0.25) is 0 Å². The van der Waals surface area contributed by atoms with E-state index >= 15 is 4.39 Å². The number of carbonyl (C=O) groups excluding carboxylic acids is 1. The fraction of sp³-hybridized carbons (Fsp3) is 0.632. The lowest BCUT2D eigenvalue weighted by Gasteiger charge is -2.38. The van der Waals surface area contributed by atoms with Crippen molar-refractivity contribution in [3.05, 3.63) is 23.3 Å². The van der Waals surface area contributed by atoms with Gasteiger partial charge in [0.05, 0.1) is 42.3 Å². The molecule has 1 aromatic rings. The van der Waals surface area contributed by atoms with Crippen LogP contribution in [0.1, 0.15) is 45.0 Å². The molecule has 0 radical (unpaired) electrons. The fourth-order valence-corrected chi connectivity index (χ4v) is 2.67. The molecule has 1 fully saturated rings. The van der Waals surface area contributed by atoms with Gasteiger partial charge in [0.15, 0.2) is 0 Å². The lowest BCUT2D eigenvalue weighted by atomic mass is 9.81. The Morgan fingerprint density at radius 1 is 1.29 bits per heavy atom. The molecule has 6 nitrogen and oxygen atoms in total. The number of hydrogen-bond acceptors (Lipinski definition) is 6. The van der Waals surface area contributed by atoms with E-state index in [0.717, 1.165) is 6.07 Å². The van der Waals surface area contributed by atoms with Gasteiger partial charge in [0.25, 0.3) is 0 Å². The van der Waals surface area contributed by atoms with Gasteiger partial charge in [-0.25, -0.2) is 13.6 Å². The van der Waals surface area contributed by atoms with Crippen LogP contribution in [0.5, 0.6) is 0 Å². The third kappa shape index (κ3) is 4.82. The molecule has 0 unspecified atom stereocenters. The highest BCUT2D eigenvalue weighted by Crippen LogP contribution is 2.28. The molecule has 0 bridgehead atoms. The highest BCUT2D eigenvalue weighted by molar-refractivity contribution is 6.47. The van der Waals surface area contributed by atoms with E-state index in [-0.39, 0.29) is 23.3 Å². The summed E-state index contributed by atoms with van der Waals surface area (Å²) in [7, 11) is -0.394. The number of anilines is 1. The van der Waals surface area contributed by atoms with Gasteiger partial charge in [-0.15, -0.1) is 0 Å². The predicted octanol–water partition coefficient (Wildman–Crippen LogP) is 1.52. The first-order valence-corrected chi connectivity index (χ1v) is 9.36. The van der Waals surface area contributed by atoms with Gasteiger partial charge >= 0.3 is 13.5 Å². The molecule has 1 aromatic carbocycles. The Balaban J connectivity index is 2.45. The Morgan fingerprint density at radius 2 is 1.89 bits per heavy atom. The molecule has 0 saturated carbocycles. The van der Waals surface area contributed by atoms with Crippen molar-refractivity contribution >= 4 is 24.6 Å². The van der Waals surface area contributed by atoms with Crippen molar-refractivity contribution in [1.82, 2.24) is 0 Å². The third-order valence-electron chi connectivity index (χ3n) is 5.16. The van der Waals surface area contributed by atoms with Crippen molar-refractivity contribution in [3.63, 3.8) is 0 Å². The molecule has 0 atom stereocenters. The quantitative estimate of drug-likeness (QED) is 0.554. The largest absolute Gasteiger partial charge is 0.462 e. The van der Waals surface area contributed by atoms with Crippen LogP contribution in [0, 0.1) is 11.6 Å². The molecular formula is C19H28BF2NO5. The number of benzene rings is 1. The summed E-state index contributed by atoms with van der Waals surface area (Å²) in [6.45, 7) is 9.58. The molecule has 156 valence electrons. The molecular weight excluding hydrogens is 371 g/mol. The molecule has 1 aliphatic heterocycles. The normalized spacial score (nSPS) is 15.5. The highest BCUT2D eigenvalue weighted by Gasteiger charge is 2.37. The van der Waals surface area contributed by atoms with E-state index in [9.17, 15) is 14.3 Å². The topological polar surface area (TPSA) is 68.2 Å². The zero-order valence-corrected chi connectivity index (χ0v) is 17.1. The van der Waals surface area contributed by atoms with Crippen molar-refractivity contribution in [1.29, 1.82) is 0 Å². The van der Waals surface area contributed by atoms with Crippen molar-refractivity contribution in [3.8, 4) is 0 Å². The molecule has 2 rings (SSSR count). The van der Waals surface area contributed by atoms with E-state index in [1.165, 1.54) is 0 Å². The molecule has 0 spiro atoms. The smallest absolute Gasteiger partial charge is 0.340 e. The number of hydrogen-bond donors (Lipinski definition) is 1. The first-order chi connectivity index (χ1) is 13.0. The van der Waals surface area contributed by atoms with Gasteiger partial charge < -0.3 is 24.1 Å². The SMILES string of the molecule is CCOC(=O)c1cc(F)c(BOC(C)(C)C(C)(C)O)c(F)c1N1CCOCC1. The molecule has 1 heterocycles. The zero-order valence-electron chi connectivity index (χ0n) is 17.1. The minimum Gasteiger partial charge on any atom is -0.462 e. The van der Waals surface area contributed by atoms with Crippen LogP contribution in [0.4, 0.5) is 14.5 Å². The van der Waals surface area contributed by atoms with Gasteiger partial charge in [-0.05, 0) is 40.7 Å². The molecule has 1 aliphatic rings. The third-order valence-corrected chi connectivity index (χ3v) is 5.16. The summed E-state index contributed by atoms with van der Waals surface area (Å²) in [5.74, 6) is -2.55. The van der Waals surface area contributed by atoms with Crippen LogP contribution >= 0.6 is 0 Å². The number of esters is 1. The average Bonchev–Trinajstić information content (AvgIpc) is 2.61. The van der Waals surface area contributed by atoms with Crippen molar-refractivity contribution in [2.75, 3.05) is 37.8 Å². The maximum absolute atomic E-state index is 15.4. The highest BCUT2D eigenvalue weighted by atomic mass is 19.1. The summed E-state index contributed by atoms with van der Waals surface area (Å²) in [4.78, 5) is 13.9. The Hall–Kier alpha value is -1.71. The standard InChI is InChI=1S/C19H28BF2NO5/c1-6-27-17(24)12-11-13(21)14(20-28-19(4,5)18(2,3)25)15(22)16(12)23-7-9-26-10-8-23/h11,20,25H,6-10H2,1-5H3. The van der Waals surface area contributed by atoms with E-state index < -0.39 is 36.3 Å². The monoisotopic (exact) mass is 399 g/mol. The summed E-state index contributed by atoms with van der Waals surface area (Å²) in [5.41, 5.74) is -2.75. The number of halogens is 2. The molecule has 1 saturated heterocycles. The minimum absolute atomic E-state index is 0.0113. The zero-order chi connectivity index (χ0) is 21.1. The van der Waals surface area contributed by atoms with Gasteiger partial charge in [-0.1, -0.05) is 0 Å². The second-order valence-electron chi connectivity index (χ2n) is 7.72. The Kier molecular flexibility index (Phi) is 7.06. The number of morpholine rings is 1. The molecule has 9 heteroatoms. The molecule has 0 aromatic heterocycles. The number of aliphatic hydroxyl groups is 1. The van der Waals surface area contributed by atoms with Crippen molar-refractivity contribution in [2.45, 2.75) is 45.8 Å². The Labute approximate surface area is 165 Å². The van der Waals surface area contributed by atoms with E-state index in [1.807, 2.05) is 0 Å². The van der Waals surface area contributed by atoms with Crippen LogP contribution in [0.25, 0.3) is 0 Å². The summed E-state index contributed by atoms with van der Waals surface area (Å²) in [6.07, 6.45) is 0. The van der Waals surface area contributed by atoms with E-state index in [4.69, 9.17) is 14.1 Å². The van der Waals surface area contributed by atoms with E-state index in [0.29, 0.717) is 26.3 Å². The van der Waals surface area contributed by atoms with Crippen molar-refractivity contribution in [2.24, 2.45) is 0 Å². The summed E-state index contributed by atoms with van der Waals surface area (Å²) in [5, 5.41) is 10.2. The molecule has 0 amide bonds. The number of ether oxygens (including phenoxy) is 2. The summed E-state index contributed by atoms with van der Waals surface area (Å²) in [6, 6.07) is 0.988. The predicted molar refractivity (Wildman–Crippen MR) is 104 cm³/mol. The minimum atomic E-state index is -1.22. The first kappa shape index (κ1) is 22.6. The number of nitrogens with zero attached hydrogens (tertiary/aromatic N) is 1. The van der Waals surface area contributed by atoms with Gasteiger partial charge in [0, 0.05) is 18.6 Å². The maximum Gasteiger partial charge on any atom is 0.340 e. The van der Waals surface area contributed by atoms with E-state index in [1.54, 1.807) is 39.5 Å². The van der Waals surface area contributed by atoms with Crippen LogP contribution in [0.2, 0.25) is 0 Å². The van der Waals surface area contributed by atoms with Crippen LogP contribution in [0.15, 0.2) is 6.07 Å². The average molecular weight is 399 g/mol. The van der Waals surface area contributed by atoms with Crippen molar-refractivity contribution < 1.29 is 32.8 Å². The van der Waals surface area contributed by atoms with Gasteiger partial charge in [-0.2, -0.15) is 0 Å². The fourth-order valence-electron chi connectivity index (χ4n) is 2.67. The molecule has 0 aliphatic carbocycles. The lowest BCUT2D eigenvalue weighted by molar-refractivity contribution is -0.0894. The molecule has 28 heavy (non-hydrogen) atoms. The number of rotatable bonds is 7. The second-order valence-corrected chi connectivity index (χ2v) is 7.72. The Morgan fingerprint density at radius 3 is 2.43 bits per heavy atom. The number of carbonyl (C=O) groups is 1. The van der Waals surface area contributed by atoms with Gasteiger partial charge in [-0.3, -0.25) is 0 Å². The van der Waals surface area contributed by atoms with Crippen LogP contribution in [-0.4, -0.2) is 62.7 Å². The van der Waals surface area contributed by atoms with Crippen LogP contribution in [-0.2, 0) is 14.1 Å². The summed E-state index contributed by atoms with van der Waals surface area (Å²) < 4.78 is 46.0. The first-order valence-electron chi connectivity index (χ1n) is 9.36. The van der Waals surface area contributed by atoms with Crippen LogP contribution < -0.4 is 10.4 Å². The second kappa shape index (κ2) is 8.76. The van der Waals surface area contributed by atoms with Crippen LogP contribution in [0.3, 0.4) is 0 Å². The van der Waals surface area contributed by atoms with E-state index in [2.05, 4.69) is 0 Å². The molecule has 1 N–H and O–H groups in total. The maximum atomic E-state index is 15.4. The Bertz CT molecular complexity index is 715. The van der Waals surface area contributed by atoms with Gasteiger partial charge in [0.1, 0.15) is 11.6 Å². The lowest BCUT2D eigenvalue weighted by Crippen LogP contribution is -2.50.